The van der Waals surface area contributed by atoms with E-state index in [0.29, 0.717) is 22.7 Å². The highest BCUT2D eigenvalue weighted by molar-refractivity contribution is 6.31. The van der Waals surface area contributed by atoms with Crippen molar-refractivity contribution in [3.05, 3.63) is 52.8 Å². The minimum Gasteiger partial charge on any atom is -0.476 e. The molecule has 0 amide bonds. The number of ether oxygens (including phenoxy) is 1. The Morgan fingerprint density at radius 2 is 2.14 bits per heavy atom. The van der Waals surface area contributed by atoms with Crippen molar-refractivity contribution in [1.82, 2.24) is 9.78 Å². The van der Waals surface area contributed by atoms with E-state index in [9.17, 15) is 13.2 Å². The van der Waals surface area contributed by atoms with E-state index in [1.54, 1.807) is 29.2 Å². The van der Waals surface area contributed by atoms with Gasteiger partial charge >= 0.3 is 6.18 Å². The molecule has 2 aromatic rings. The first-order valence-electron chi connectivity index (χ1n) is 6.15. The third-order valence-corrected chi connectivity index (χ3v) is 3.45. The Morgan fingerprint density at radius 1 is 1.33 bits per heavy atom. The Morgan fingerprint density at radius 3 is 2.81 bits per heavy atom. The van der Waals surface area contributed by atoms with Gasteiger partial charge in [-0.05, 0) is 29.8 Å². The molecular formula is C14H10ClF3N2O. The molecule has 0 bridgehead atoms. The summed E-state index contributed by atoms with van der Waals surface area (Å²) in [5.41, 5.74) is 1.18. The summed E-state index contributed by atoms with van der Waals surface area (Å²) < 4.78 is 44.8. The largest absolute Gasteiger partial charge is 0.476 e. The number of hydrogen-bond donors (Lipinski definition) is 0. The molecule has 1 aliphatic heterocycles. The number of fused-ring (bicyclic) bond motifs is 1. The van der Waals surface area contributed by atoms with Crippen molar-refractivity contribution >= 4 is 17.7 Å². The average Bonchev–Trinajstić information content (AvgIpc) is 2.91. The van der Waals surface area contributed by atoms with Crippen molar-refractivity contribution in [2.45, 2.75) is 18.8 Å². The molecule has 110 valence electrons. The summed E-state index contributed by atoms with van der Waals surface area (Å²) in [5, 5.41) is 4.50. The van der Waals surface area contributed by atoms with E-state index in [-0.39, 0.29) is 5.75 Å². The highest BCUT2D eigenvalue weighted by atomic mass is 35.5. The highest BCUT2D eigenvalue weighted by Crippen LogP contribution is 2.36. The van der Waals surface area contributed by atoms with Gasteiger partial charge in [0.15, 0.2) is 0 Å². The lowest BCUT2D eigenvalue weighted by Gasteiger charge is -2.24. The zero-order chi connectivity index (χ0) is 15.0. The molecule has 21 heavy (non-hydrogen) atoms. The van der Waals surface area contributed by atoms with Crippen LogP contribution in [0.3, 0.4) is 0 Å². The lowest BCUT2D eigenvalue weighted by molar-refractivity contribution is -0.180. The number of nitrogens with zero attached hydrogens (tertiary/aromatic N) is 2. The summed E-state index contributed by atoms with van der Waals surface area (Å²) in [6.07, 6.45) is -0.647. The van der Waals surface area contributed by atoms with Gasteiger partial charge in [-0.2, -0.15) is 18.3 Å². The first-order chi connectivity index (χ1) is 9.93. The van der Waals surface area contributed by atoms with E-state index < -0.39 is 12.3 Å². The number of aromatic nitrogens is 2. The monoisotopic (exact) mass is 314 g/mol. The molecule has 0 N–H and O–H groups in total. The molecule has 0 fully saturated rings. The van der Waals surface area contributed by atoms with Crippen LogP contribution in [0, 0.1) is 0 Å². The molecule has 1 aromatic heterocycles. The fourth-order valence-corrected chi connectivity index (χ4v) is 2.31. The lowest BCUT2D eigenvalue weighted by Crippen LogP contribution is -2.33. The summed E-state index contributed by atoms with van der Waals surface area (Å²) in [7, 11) is 0. The molecule has 7 heteroatoms. The van der Waals surface area contributed by atoms with E-state index >= 15 is 0 Å². The van der Waals surface area contributed by atoms with Crippen molar-refractivity contribution in [3.63, 3.8) is 0 Å². The zero-order valence-corrected chi connectivity index (χ0v) is 11.4. The maximum atomic E-state index is 12.7. The van der Waals surface area contributed by atoms with Gasteiger partial charge in [0.2, 0.25) is 6.10 Å². The van der Waals surface area contributed by atoms with Gasteiger partial charge in [-0.3, -0.25) is 4.68 Å². The van der Waals surface area contributed by atoms with Crippen molar-refractivity contribution < 1.29 is 17.9 Å². The predicted octanol–water partition coefficient (Wildman–Crippen LogP) is 3.92. The molecule has 0 spiro atoms. The maximum Gasteiger partial charge on any atom is 0.429 e. The predicted molar refractivity (Wildman–Crippen MR) is 72.3 cm³/mol. The molecule has 3 rings (SSSR count). The quantitative estimate of drug-likeness (QED) is 0.840. The van der Waals surface area contributed by atoms with Gasteiger partial charge in [-0.1, -0.05) is 17.7 Å². The van der Waals surface area contributed by atoms with Crippen molar-refractivity contribution in [3.8, 4) is 5.75 Å². The lowest BCUT2D eigenvalue weighted by atomic mass is 10.1. The third kappa shape index (κ3) is 2.90. The number of halogens is 4. The number of alkyl halides is 3. The second kappa shape index (κ2) is 5.11. The minimum absolute atomic E-state index is 0.173. The molecule has 1 unspecified atom stereocenters. The minimum atomic E-state index is -4.43. The van der Waals surface area contributed by atoms with Gasteiger partial charge in [0.25, 0.3) is 0 Å². The van der Waals surface area contributed by atoms with Gasteiger partial charge in [-0.15, -0.1) is 0 Å². The van der Waals surface area contributed by atoms with Crippen LogP contribution in [0.25, 0.3) is 6.08 Å². The van der Waals surface area contributed by atoms with Crippen LogP contribution in [-0.4, -0.2) is 22.1 Å². The molecule has 2 heterocycles. The van der Waals surface area contributed by atoms with E-state index in [1.807, 2.05) is 0 Å². The van der Waals surface area contributed by atoms with Crippen molar-refractivity contribution in [1.29, 1.82) is 0 Å². The van der Waals surface area contributed by atoms with Crippen LogP contribution in [0.5, 0.6) is 5.75 Å². The zero-order valence-electron chi connectivity index (χ0n) is 10.6. The van der Waals surface area contributed by atoms with Crippen LogP contribution in [-0.2, 0) is 6.54 Å². The van der Waals surface area contributed by atoms with Crippen LogP contribution >= 0.6 is 11.6 Å². The van der Waals surface area contributed by atoms with E-state index in [4.69, 9.17) is 16.3 Å². The van der Waals surface area contributed by atoms with Gasteiger partial charge < -0.3 is 4.74 Å². The molecule has 0 saturated heterocycles. The Hall–Kier alpha value is -1.95. The fraction of sp³-hybridized carbons (Fsp3) is 0.214. The molecular weight excluding hydrogens is 305 g/mol. The molecule has 1 atom stereocenters. The van der Waals surface area contributed by atoms with Crippen LogP contribution < -0.4 is 4.74 Å². The summed E-state index contributed by atoms with van der Waals surface area (Å²) >= 11 is 6.15. The summed E-state index contributed by atoms with van der Waals surface area (Å²) in [6, 6.07) is 4.88. The molecule has 1 aliphatic rings. The van der Waals surface area contributed by atoms with Gasteiger partial charge in [0, 0.05) is 23.0 Å². The number of benzene rings is 1. The van der Waals surface area contributed by atoms with Crippen LogP contribution in [0.4, 0.5) is 13.2 Å². The SMILES string of the molecule is FC(F)(F)C1C=Cc2cc(Cl)c(Cn3cccn3)cc2O1. The Kier molecular flexibility index (Phi) is 3.41. The second-order valence-electron chi connectivity index (χ2n) is 4.62. The normalized spacial score (nSPS) is 17.4. The van der Waals surface area contributed by atoms with E-state index in [1.165, 1.54) is 12.1 Å². The molecule has 3 nitrogen and oxygen atoms in total. The summed E-state index contributed by atoms with van der Waals surface area (Å²) in [6.45, 7) is 0.364. The Bertz CT molecular complexity index is 680. The Balaban J connectivity index is 1.92. The molecule has 0 aliphatic carbocycles. The van der Waals surface area contributed by atoms with Gasteiger partial charge in [0.1, 0.15) is 5.75 Å². The fourth-order valence-electron chi connectivity index (χ4n) is 2.08. The maximum absolute atomic E-state index is 12.7. The summed E-state index contributed by atoms with van der Waals surface area (Å²) in [4.78, 5) is 0. The first kappa shape index (κ1) is 14.0. The van der Waals surface area contributed by atoms with E-state index in [2.05, 4.69) is 5.10 Å². The van der Waals surface area contributed by atoms with Crippen LogP contribution in [0.2, 0.25) is 5.02 Å². The molecule has 0 saturated carbocycles. The van der Waals surface area contributed by atoms with E-state index in [0.717, 1.165) is 6.08 Å². The number of rotatable bonds is 2. The van der Waals surface area contributed by atoms with Gasteiger partial charge in [0.05, 0.1) is 6.54 Å². The number of hydrogen-bond acceptors (Lipinski definition) is 2. The molecule has 0 radical (unpaired) electrons. The van der Waals surface area contributed by atoms with Crippen molar-refractivity contribution in [2.24, 2.45) is 0 Å². The van der Waals surface area contributed by atoms with Crippen LogP contribution in [0.15, 0.2) is 36.7 Å². The van der Waals surface area contributed by atoms with Gasteiger partial charge in [-0.25, -0.2) is 0 Å². The second-order valence-corrected chi connectivity index (χ2v) is 5.03. The van der Waals surface area contributed by atoms with Crippen molar-refractivity contribution in [2.75, 3.05) is 0 Å². The third-order valence-electron chi connectivity index (χ3n) is 3.10. The average molecular weight is 315 g/mol. The standard InChI is InChI=1S/C14H10ClF3N2O/c15-11-6-9-2-3-13(14(16,17)18)21-12(9)7-10(11)8-20-5-1-4-19-20/h1-7,13H,8H2. The highest BCUT2D eigenvalue weighted by Gasteiger charge is 2.41. The topological polar surface area (TPSA) is 27.1 Å². The first-order valence-corrected chi connectivity index (χ1v) is 6.53. The van der Waals surface area contributed by atoms with Crippen LogP contribution in [0.1, 0.15) is 11.1 Å². The molecule has 1 aromatic carbocycles. The smallest absolute Gasteiger partial charge is 0.429 e. The summed E-state index contributed by atoms with van der Waals surface area (Å²) in [5.74, 6) is 0.173. The Labute approximate surface area is 123 Å².